The normalized spacial score (nSPS) is 13.2. The van der Waals surface area contributed by atoms with Crippen LogP contribution in [0.25, 0.3) is 0 Å². The van der Waals surface area contributed by atoms with E-state index in [0.717, 1.165) is 24.6 Å². The van der Waals surface area contributed by atoms with Crippen molar-refractivity contribution >= 4 is 42.7 Å². The van der Waals surface area contributed by atoms with E-state index in [1.54, 1.807) is 12.1 Å². The van der Waals surface area contributed by atoms with Gasteiger partial charge in [-0.05, 0) is 17.5 Å². The highest BCUT2D eigenvalue weighted by Gasteiger charge is 2.39. The summed E-state index contributed by atoms with van der Waals surface area (Å²) >= 11 is 11.0. The van der Waals surface area contributed by atoms with Crippen molar-refractivity contribution in [2.24, 2.45) is 0 Å². The first-order chi connectivity index (χ1) is 11.7. The van der Waals surface area contributed by atoms with Crippen molar-refractivity contribution in [3.63, 3.8) is 0 Å². The molecular weight excluding hydrogens is 390 g/mol. The summed E-state index contributed by atoms with van der Waals surface area (Å²) in [6.07, 6.45) is -0.673. The fourth-order valence-corrected chi connectivity index (χ4v) is 3.44. The van der Waals surface area contributed by atoms with Crippen molar-refractivity contribution in [1.82, 2.24) is 9.79 Å². The number of ether oxygens (including phenoxy) is 1. The minimum absolute atomic E-state index is 0.101. The summed E-state index contributed by atoms with van der Waals surface area (Å²) in [4.78, 5) is 32.9. The molecule has 0 bridgehead atoms. The summed E-state index contributed by atoms with van der Waals surface area (Å²) in [6, 6.07) is 7.34. The number of aryl methyl sites for hydroxylation is 1. The minimum atomic E-state index is -4.18. The molecule has 2 amide bonds. The zero-order chi connectivity index (χ0) is 19.2. The largest absolute Gasteiger partial charge is 0.443 e. The van der Waals surface area contributed by atoms with Crippen LogP contribution >= 0.6 is 30.7 Å². The Hall–Kier alpha value is -1.27. The number of carbonyl (C=O) groups is 2. The van der Waals surface area contributed by atoms with Crippen LogP contribution in [0, 0.1) is 0 Å². The van der Waals surface area contributed by atoms with Crippen molar-refractivity contribution in [3.05, 3.63) is 35.4 Å². The highest BCUT2D eigenvalue weighted by Crippen LogP contribution is 2.46. The maximum Gasteiger partial charge on any atom is 0.437 e. The van der Waals surface area contributed by atoms with Gasteiger partial charge in [0.1, 0.15) is 6.61 Å². The van der Waals surface area contributed by atoms with Crippen molar-refractivity contribution in [3.8, 4) is 0 Å². The molecule has 0 aliphatic rings. The SMILES string of the molecule is CCc1ccccc1COC(=O)N(N(C)C(=O)C(Cl)Cl)P(=O)(O)CC. The number of hydrazine groups is 1. The third kappa shape index (κ3) is 5.61. The van der Waals surface area contributed by atoms with E-state index < -0.39 is 24.4 Å². The molecule has 0 spiro atoms. The van der Waals surface area contributed by atoms with Crippen LogP contribution < -0.4 is 0 Å². The molecule has 1 N–H and O–H groups in total. The van der Waals surface area contributed by atoms with Gasteiger partial charge in [-0.25, -0.2) is 9.80 Å². The highest BCUT2D eigenvalue weighted by atomic mass is 35.5. The first-order valence-electron chi connectivity index (χ1n) is 7.57. The average Bonchev–Trinajstić information content (AvgIpc) is 2.59. The number of halogens is 2. The van der Waals surface area contributed by atoms with E-state index in [-0.39, 0.29) is 12.8 Å². The first-order valence-corrected chi connectivity index (χ1v) is 10.2. The molecule has 0 heterocycles. The van der Waals surface area contributed by atoms with Crippen LogP contribution in [0.3, 0.4) is 0 Å². The van der Waals surface area contributed by atoms with Crippen LogP contribution in [0.15, 0.2) is 24.3 Å². The van der Waals surface area contributed by atoms with Crippen LogP contribution in [0.2, 0.25) is 0 Å². The summed E-state index contributed by atoms with van der Waals surface area (Å²) < 4.78 is 17.9. The quantitative estimate of drug-likeness (QED) is 0.439. The van der Waals surface area contributed by atoms with Crippen molar-refractivity contribution in [2.75, 3.05) is 13.2 Å². The third-order valence-electron chi connectivity index (χ3n) is 3.51. The smallest absolute Gasteiger partial charge is 0.437 e. The van der Waals surface area contributed by atoms with E-state index in [0.29, 0.717) is 9.79 Å². The van der Waals surface area contributed by atoms with E-state index in [1.807, 2.05) is 19.1 Å². The Morgan fingerprint density at radius 3 is 2.28 bits per heavy atom. The van der Waals surface area contributed by atoms with E-state index >= 15 is 0 Å². The first kappa shape index (κ1) is 21.8. The lowest BCUT2D eigenvalue weighted by molar-refractivity contribution is -0.136. The van der Waals surface area contributed by atoms with Crippen LogP contribution in [-0.4, -0.2) is 44.7 Å². The van der Waals surface area contributed by atoms with E-state index in [1.165, 1.54) is 6.92 Å². The fourth-order valence-electron chi connectivity index (χ4n) is 2.07. The zero-order valence-electron chi connectivity index (χ0n) is 14.2. The molecule has 140 valence electrons. The Morgan fingerprint density at radius 2 is 1.80 bits per heavy atom. The molecular formula is C15H21Cl2N2O5P. The Bertz CT molecular complexity index is 671. The van der Waals surface area contributed by atoms with Gasteiger partial charge >= 0.3 is 13.6 Å². The second kappa shape index (κ2) is 9.43. The van der Waals surface area contributed by atoms with Crippen molar-refractivity contribution in [2.45, 2.75) is 31.7 Å². The molecule has 0 fully saturated rings. The van der Waals surface area contributed by atoms with Crippen LogP contribution in [0.1, 0.15) is 25.0 Å². The van der Waals surface area contributed by atoms with Gasteiger partial charge in [-0.3, -0.25) is 9.36 Å². The molecule has 7 nitrogen and oxygen atoms in total. The van der Waals surface area contributed by atoms with Gasteiger partial charge in [0.2, 0.25) is 0 Å². The molecule has 1 aromatic carbocycles. The molecule has 0 aliphatic heterocycles. The highest BCUT2D eigenvalue weighted by molar-refractivity contribution is 7.56. The molecule has 0 radical (unpaired) electrons. The Balaban J connectivity index is 3.01. The molecule has 1 unspecified atom stereocenters. The lowest BCUT2D eigenvalue weighted by Crippen LogP contribution is -2.47. The topological polar surface area (TPSA) is 87.2 Å². The standard InChI is InChI=1S/C15H21Cl2N2O5P/c1-4-11-8-6-7-9-12(11)10-24-15(21)19(25(22,23)5-2)18(3)14(20)13(16)17/h6-9,13H,4-5,10H2,1-3H3,(H,22,23). The monoisotopic (exact) mass is 410 g/mol. The Kier molecular flexibility index (Phi) is 8.22. The van der Waals surface area contributed by atoms with E-state index in [2.05, 4.69) is 0 Å². The van der Waals surface area contributed by atoms with Crippen LogP contribution in [0.5, 0.6) is 0 Å². The predicted molar refractivity (Wildman–Crippen MR) is 96.5 cm³/mol. The summed E-state index contributed by atoms with van der Waals surface area (Å²) in [5, 5.41) is 0.614. The van der Waals surface area contributed by atoms with Crippen molar-refractivity contribution in [1.29, 1.82) is 0 Å². The number of nitrogens with zero attached hydrogens (tertiary/aromatic N) is 2. The van der Waals surface area contributed by atoms with Gasteiger partial charge in [-0.15, -0.1) is 4.78 Å². The van der Waals surface area contributed by atoms with Gasteiger partial charge in [0, 0.05) is 13.2 Å². The van der Waals surface area contributed by atoms with E-state index in [9.17, 15) is 19.0 Å². The minimum Gasteiger partial charge on any atom is -0.443 e. The fraction of sp³-hybridized carbons (Fsp3) is 0.467. The van der Waals surface area contributed by atoms with Gasteiger partial charge < -0.3 is 9.63 Å². The maximum absolute atomic E-state index is 12.4. The number of hydrogen-bond donors (Lipinski definition) is 1. The maximum atomic E-state index is 12.4. The number of rotatable bonds is 6. The molecule has 1 aromatic rings. The van der Waals surface area contributed by atoms with Gasteiger partial charge in [0.25, 0.3) is 5.91 Å². The van der Waals surface area contributed by atoms with Gasteiger partial charge in [-0.2, -0.15) is 0 Å². The number of amides is 2. The van der Waals surface area contributed by atoms with E-state index in [4.69, 9.17) is 27.9 Å². The molecule has 0 aliphatic carbocycles. The lowest BCUT2D eigenvalue weighted by Gasteiger charge is -2.33. The third-order valence-corrected chi connectivity index (χ3v) is 5.73. The van der Waals surface area contributed by atoms with Gasteiger partial charge in [0.15, 0.2) is 4.84 Å². The molecule has 0 saturated carbocycles. The second-order valence-electron chi connectivity index (χ2n) is 5.11. The van der Waals surface area contributed by atoms with Crippen molar-refractivity contribution < 1.29 is 23.8 Å². The lowest BCUT2D eigenvalue weighted by atomic mass is 10.1. The van der Waals surface area contributed by atoms with Crippen LogP contribution in [0.4, 0.5) is 4.79 Å². The Labute approximate surface area is 156 Å². The summed E-state index contributed by atoms with van der Waals surface area (Å²) in [6.45, 7) is 3.26. The molecule has 0 saturated heterocycles. The molecule has 25 heavy (non-hydrogen) atoms. The molecule has 0 aromatic heterocycles. The number of hydrogen-bond acceptors (Lipinski definition) is 4. The number of alkyl halides is 2. The molecule has 1 rings (SSSR count). The Morgan fingerprint density at radius 1 is 1.24 bits per heavy atom. The van der Waals surface area contributed by atoms with Gasteiger partial charge in [0.05, 0.1) is 0 Å². The number of carbonyl (C=O) groups excluding carboxylic acids is 2. The van der Waals surface area contributed by atoms with Gasteiger partial charge in [-0.1, -0.05) is 61.3 Å². The second-order valence-corrected chi connectivity index (χ2v) is 8.55. The average molecular weight is 411 g/mol. The number of benzene rings is 1. The molecule has 1 atom stereocenters. The summed E-state index contributed by atoms with van der Waals surface area (Å²) in [7, 11) is -3.06. The predicted octanol–water partition coefficient (Wildman–Crippen LogP) is 3.57. The molecule has 10 heteroatoms. The zero-order valence-corrected chi connectivity index (χ0v) is 16.6. The summed E-state index contributed by atoms with van der Waals surface area (Å²) in [5.74, 6) is -0.919. The van der Waals surface area contributed by atoms with Crippen LogP contribution in [-0.2, 0) is 27.1 Å². The summed E-state index contributed by atoms with van der Waals surface area (Å²) in [5.41, 5.74) is 1.75.